The van der Waals surface area contributed by atoms with Crippen molar-refractivity contribution in [2.75, 3.05) is 19.8 Å². The summed E-state index contributed by atoms with van der Waals surface area (Å²) in [5.41, 5.74) is 5.77. The van der Waals surface area contributed by atoms with Gasteiger partial charge in [-0.1, -0.05) is 30.3 Å². The summed E-state index contributed by atoms with van der Waals surface area (Å²) >= 11 is 0.774. The van der Waals surface area contributed by atoms with Gasteiger partial charge in [0.15, 0.2) is 0 Å². The fraction of sp³-hybridized carbons (Fsp3) is 0.150. The van der Waals surface area contributed by atoms with Crippen molar-refractivity contribution >= 4 is 34.9 Å². The molecule has 0 unspecified atom stereocenters. The van der Waals surface area contributed by atoms with Crippen LogP contribution in [-0.2, 0) is 9.59 Å². The Hall–Kier alpha value is -3.26. The van der Waals surface area contributed by atoms with Crippen molar-refractivity contribution in [1.82, 2.24) is 4.90 Å². The monoisotopic (exact) mass is 398 g/mol. The van der Waals surface area contributed by atoms with Crippen LogP contribution in [0.2, 0.25) is 0 Å². The number of primary amides is 1. The summed E-state index contributed by atoms with van der Waals surface area (Å²) in [6.07, 6.45) is 1.58. The maximum Gasteiger partial charge on any atom is 0.294 e. The molecule has 1 saturated heterocycles. The molecule has 144 valence electrons. The van der Waals surface area contributed by atoms with Crippen molar-refractivity contribution in [3.63, 3.8) is 0 Å². The number of benzene rings is 2. The van der Waals surface area contributed by atoms with Crippen molar-refractivity contribution in [3.8, 4) is 11.5 Å². The molecule has 0 atom stereocenters. The molecule has 7 nitrogen and oxygen atoms in total. The van der Waals surface area contributed by atoms with Crippen LogP contribution in [0.5, 0.6) is 11.5 Å². The number of imide groups is 1. The Morgan fingerprint density at radius 2 is 1.68 bits per heavy atom. The number of carbonyl (C=O) groups is 3. The number of para-hydroxylation sites is 1. The minimum Gasteiger partial charge on any atom is -0.490 e. The number of hydrogen-bond donors (Lipinski definition) is 1. The highest BCUT2D eigenvalue weighted by Gasteiger charge is 2.35. The van der Waals surface area contributed by atoms with Crippen LogP contribution in [0, 0.1) is 0 Å². The zero-order chi connectivity index (χ0) is 19.9. The molecule has 1 fully saturated rings. The van der Waals surface area contributed by atoms with E-state index in [4.69, 9.17) is 15.2 Å². The van der Waals surface area contributed by atoms with Gasteiger partial charge in [0, 0.05) is 0 Å². The number of nitrogens with two attached hydrogens (primary N) is 1. The highest BCUT2D eigenvalue weighted by Crippen LogP contribution is 2.32. The maximum absolute atomic E-state index is 12.2. The van der Waals surface area contributed by atoms with E-state index in [1.54, 1.807) is 30.3 Å². The SMILES string of the molecule is NC(=O)CN1C(=O)S/C(=C\c2cccc(OCCOc3ccccc3)c2)C1=O. The predicted molar refractivity (Wildman–Crippen MR) is 106 cm³/mol. The summed E-state index contributed by atoms with van der Waals surface area (Å²) in [5.74, 6) is 0.112. The molecule has 0 bridgehead atoms. The van der Waals surface area contributed by atoms with E-state index >= 15 is 0 Å². The Morgan fingerprint density at radius 1 is 1.00 bits per heavy atom. The topological polar surface area (TPSA) is 98.9 Å². The first-order valence-corrected chi connectivity index (χ1v) is 9.29. The van der Waals surface area contributed by atoms with Crippen LogP contribution < -0.4 is 15.2 Å². The van der Waals surface area contributed by atoms with Crippen LogP contribution >= 0.6 is 11.8 Å². The minimum absolute atomic E-state index is 0.232. The molecular formula is C20H18N2O5S. The van der Waals surface area contributed by atoms with Crippen molar-refractivity contribution in [3.05, 3.63) is 65.1 Å². The third kappa shape index (κ3) is 5.14. The van der Waals surface area contributed by atoms with Crippen molar-refractivity contribution < 1.29 is 23.9 Å². The van der Waals surface area contributed by atoms with E-state index in [9.17, 15) is 14.4 Å². The minimum atomic E-state index is -0.739. The Balaban J connectivity index is 1.58. The first-order chi connectivity index (χ1) is 13.5. The molecule has 1 heterocycles. The van der Waals surface area contributed by atoms with Crippen LogP contribution in [0.25, 0.3) is 6.08 Å². The number of nitrogens with zero attached hydrogens (tertiary/aromatic N) is 1. The highest BCUT2D eigenvalue weighted by molar-refractivity contribution is 8.18. The Bertz CT molecular complexity index is 914. The molecule has 2 N–H and O–H groups in total. The second-order valence-electron chi connectivity index (χ2n) is 5.82. The average molecular weight is 398 g/mol. The quantitative estimate of drug-likeness (QED) is 0.542. The van der Waals surface area contributed by atoms with Crippen LogP contribution in [0.4, 0.5) is 4.79 Å². The third-order valence-corrected chi connectivity index (χ3v) is 4.61. The van der Waals surface area contributed by atoms with Crippen molar-refractivity contribution in [2.24, 2.45) is 5.73 Å². The van der Waals surface area contributed by atoms with Gasteiger partial charge in [-0.15, -0.1) is 0 Å². The second kappa shape index (κ2) is 9.09. The molecule has 1 aliphatic rings. The number of ether oxygens (including phenoxy) is 2. The van der Waals surface area contributed by atoms with Gasteiger partial charge in [0.25, 0.3) is 11.1 Å². The summed E-state index contributed by atoms with van der Waals surface area (Å²) in [6, 6.07) is 16.6. The van der Waals surface area contributed by atoms with Crippen molar-refractivity contribution in [1.29, 1.82) is 0 Å². The highest BCUT2D eigenvalue weighted by atomic mass is 32.2. The number of thioether (sulfide) groups is 1. The number of carbonyl (C=O) groups excluding carboxylic acids is 3. The molecule has 1 aliphatic heterocycles. The number of hydrogen-bond acceptors (Lipinski definition) is 6. The number of rotatable bonds is 8. The molecule has 0 aliphatic carbocycles. The van der Waals surface area contributed by atoms with E-state index in [-0.39, 0.29) is 4.91 Å². The molecule has 28 heavy (non-hydrogen) atoms. The normalized spacial score (nSPS) is 15.1. The molecule has 0 aromatic heterocycles. The van der Waals surface area contributed by atoms with E-state index in [0.29, 0.717) is 24.5 Å². The lowest BCUT2D eigenvalue weighted by atomic mass is 10.2. The van der Waals surface area contributed by atoms with Crippen LogP contribution in [0.3, 0.4) is 0 Å². The van der Waals surface area contributed by atoms with E-state index in [1.807, 2.05) is 30.3 Å². The molecule has 8 heteroatoms. The number of amides is 3. The summed E-state index contributed by atoms with van der Waals surface area (Å²) < 4.78 is 11.2. The van der Waals surface area contributed by atoms with Crippen molar-refractivity contribution in [2.45, 2.75) is 0 Å². The Morgan fingerprint density at radius 3 is 2.39 bits per heavy atom. The zero-order valence-electron chi connectivity index (χ0n) is 14.9. The Kier molecular flexibility index (Phi) is 6.33. The van der Waals surface area contributed by atoms with Gasteiger partial charge >= 0.3 is 0 Å². The molecule has 3 amide bonds. The predicted octanol–water partition coefficient (Wildman–Crippen LogP) is 2.67. The largest absolute Gasteiger partial charge is 0.490 e. The van der Waals surface area contributed by atoms with E-state index < -0.39 is 23.6 Å². The molecule has 0 saturated carbocycles. The molecule has 0 radical (unpaired) electrons. The van der Waals surface area contributed by atoms with E-state index in [0.717, 1.165) is 22.4 Å². The smallest absolute Gasteiger partial charge is 0.294 e. The molecule has 2 aromatic carbocycles. The zero-order valence-corrected chi connectivity index (χ0v) is 15.7. The summed E-state index contributed by atoms with van der Waals surface area (Å²) in [4.78, 5) is 36.2. The molecule has 2 aromatic rings. The molecule has 3 rings (SSSR count). The van der Waals surface area contributed by atoms with Gasteiger partial charge in [0.05, 0.1) is 4.91 Å². The van der Waals surface area contributed by atoms with Gasteiger partial charge < -0.3 is 15.2 Å². The fourth-order valence-electron chi connectivity index (χ4n) is 2.47. The lowest BCUT2D eigenvalue weighted by molar-refractivity contribution is -0.127. The lowest BCUT2D eigenvalue weighted by Crippen LogP contribution is -2.36. The van der Waals surface area contributed by atoms with Gasteiger partial charge in [-0.25, -0.2) is 0 Å². The van der Waals surface area contributed by atoms with Gasteiger partial charge in [-0.2, -0.15) is 0 Å². The van der Waals surface area contributed by atoms with Gasteiger partial charge in [0.2, 0.25) is 5.91 Å². The summed E-state index contributed by atoms with van der Waals surface area (Å²) in [5, 5.41) is -0.513. The average Bonchev–Trinajstić information content (AvgIpc) is 2.93. The summed E-state index contributed by atoms with van der Waals surface area (Å²) in [6.45, 7) is 0.320. The van der Waals surface area contributed by atoms with Gasteiger partial charge in [-0.05, 0) is 47.7 Å². The van der Waals surface area contributed by atoms with Crippen LogP contribution in [0.15, 0.2) is 59.5 Å². The van der Waals surface area contributed by atoms with E-state index in [1.165, 1.54) is 0 Å². The fourth-order valence-corrected chi connectivity index (χ4v) is 3.31. The molecular weight excluding hydrogens is 380 g/mol. The second-order valence-corrected chi connectivity index (χ2v) is 6.81. The third-order valence-electron chi connectivity index (χ3n) is 3.71. The molecule has 0 spiro atoms. The maximum atomic E-state index is 12.2. The first kappa shape index (κ1) is 19.5. The van der Waals surface area contributed by atoms with Crippen LogP contribution in [0.1, 0.15) is 5.56 Å². The lowest BCUT2D eigenvalue weighted by Gasteiger charge is -2.09. The standard InChI is InChI=1S/C20H18N2O5S/c21-18(23)13-22-19(24)17(28-20(22)25)12-14-5-4-8-16(11-14)27-10-9-26-15-6-2-1-3-7-15/h1-8,11-12H,9-10,13H2,(H2,21,23)/b17-12-. The van der Waals surface area contributed by atoms with E-state index in [2.05, 4.69) is 0 Å². The first-order valence-electron chi connectivity index (χ1n) is 8.47. The Labute approximate surface area is 166 Å². The van der Waals surface area contributed by atoms with Gasteiger partial charge in [0.1, 0.15) is 31.3 Å². The van der Waals surface area contributed by atoms with Crippen LogP contribution in [-0.4, -0.2) is 41.7 Å². The van der Waals surface area contributed by atoms with Gasteiger partial charge in [-0.3, -0.25) is 19.3 Å². The summed E-state index contributed by atoms with van der Waals surface area (Å²) in [7, 11) is 0.